The highest BCUT2D eigenvalue weighted by molar-refractivity contribution is 9.10. The van der Waals surface area contributed by atoms with E-state index >= 15 is 0 Å². The fourth-order valence-electron chi connectivity index (χ4n) is 1.53. The van der Waals surface area contributed by atoms with E-state index in [0.717, 1.165) is 0 Å². The third kappa shape index (κ3) is 3.39. The lowest BCUT2D eigenvalue weighted by Gasteiger charge is -2.09. The number of nitrogens with one attached hydrogen (secondary N) is 2. The Morgan fingerprint density at radius 2 is 1.90 bits per heavy atom. The molecule has 20 heavy (non-hydrogen) atoms. The molecule has 0 aliphatic heterocycles. The molecule has 0 saturated heterocycles. The van der Waals surface area contributed by atoms with Crippen molar-refractivity contribution in [1.29, 1.82) is 0 Å². The fourth-order valence-corrected chi connectivity index (χ4v) is 1.83. The molecule has 2 aromatic rings. The Balaban J connectivity index is 2.10. The molecule has 2 rings (SSSR count). The first-order chi connectivity index (χ1) is 9.60. The summed E-state index contributed by atoms with van der Waals surface area (Å²) in [5.41, 5.74) is 0.619. The number of furan rings is 1. The lowest BCUT2D eigenvalue weighted by molar-refractivity contribution is 0.0602. The van der Waals surface area contributed by atoms with E-state index < -0.39 is 12.0 Å². The number of hydrogen-bond donors (Lipinski definition) is 2. The van der Waals surface area contributed by atoms with Crippen molar-refractivity contribution in [1.82, 2.24) is 0 Å². The number of carbonyl (C=O) groups excluding carboxylic acids is 2. The van der Waals surface area contributed by atoms with E-state index in [1.165, 1.54) is 7.11 Å². The minimum atomic E-state index is -0.526. The number of para-hydroxylation sites is 1. The zero-order valence-electron chi connectivity index (χ0n) is 10.5. The molecule has 6 nitrogen and oxygen atoms in total. The van der Waals surface area contributed by atoms with E-state index in [-0.39, 0.29) is 11.4 Å². The van der Waals surface area contributed by atoms with Gasteiger partial charge in [0.05, 0.1) is 18.4 Å². The van der Waals surface area contributed by atoms with Gasteiger partial charge >= 0.3 is 12.0 Å². The molecule has 0 radical (unpaired) electrons. The highest BCUT2D eigenvalue weighted by Gasteiger charge is 2.13. The van der Waals surface area contributed by atoms with E-state index in [4.69, 9.17) is 4.42 Å². The van der Waals surface area contributed by atoms with Gasteiger partial charge in [-0.05, 0) is 34.1 Å². The number of anilines is 2. The zero-order chi connectivity index (χ0) is 14.5. The first-order valence-electron chi connectivity index (χ1n) is 5.61. The molecule has 0 aliphatic carbocycles. The van der Waals surface area contributed by atoms with Gasteiger partial charge in [0.1, 0.15) is 0 Å². The van der Waals surface area contributed by atoms with Crippen LogP contribution in [0.4, 0.5) is 16.4 Å². The Morgan fingerprint density at radius 1 is 1.15 bits per heavy atom. The normalized spacial score (nSPS) is 9.90. The summed E-state index contributed by atoms with van der Waals surface area (Å²) in [6.07, 6.45) is 0. The number of carbonyl (C=O) groups is 2. The van der Waals surface area contributed by atoms with Crippen LogP contribution >= 0.6 is 15.9 Å². The van der Waals surface area contributed by atoms with Crippen molar-refractivity contribution in [3.63, 3.8) is 0 Å². The van der Waals surface area contributed by atoms with Gasteiger partial charge in [0, 0.05) is 6.07 Å². The minimum absolute atomic E-state index is 0.269. The Labute approximate surface area is 123 Å². The van der Waals surface area contributed by atoms with Crippen molar-refractivity contribution in [2.75, 3.05) is 17.7 Å². The Morgan fingerprint density at radius 3 is 2.55 bits per heavy atom. The average molecular weight is 339 g/mol. The van der Waals surface area contributed by atoms with Gasteiger partial charge in [-0.1, -0.05) is 12.1 Å². The second kappa shape index (κ2) is 6.25. The third-order valence-electron chi connectivity index (χ3n) is 2.39. The molecule has 2 amide bonds. The van der Waals surface area contributed by atoms with Crippen molar-refractivity contribution < 1.29 is 18.7 Å². The summed E-state index contributed by atoms with van der Waals surface area (Å²) in [6, 6.07) is 9.26. The molecule has 7 heteroatoms. The molecule has 0 atom stereocenters. The Hall–Kier alpha value is -2.28. The van der Waals surface area contributed by atoms with Crippen LogP contribution in [0.2, 0.25) is 0 Å². The molecule has 104 valence electrons. The molecule has 0 fully saturated rings. The smallest absolute Gasteiger partial charge is 0.339 e. The van der Waals surface area contributed by atoms with Gasteiger partial charge in [-0.15, -0.1) is 0 Å². The summed E-state index contributed by atoms with van der Waals surface area (Å²) in [7, 11) is 1.28. The predicted molar refractivity (Wildman–Crippen MR) is 76.8 cm³/mol. The first kappa shape index (κ1) is 14.1. The first-order valence-corrected chi connectivity index (χ1v) is 6.40. The summed E-state index contributed by atoms with van der Waals surface area (Å²) in [5.74, 6) is -0.244. The molecule has 0 unspecified atom stereocenters. The van der Waals surface area contributed by atoms with Crippen LogP contribution in [0.5, 0.6) is 0 Å². The number of halogens is 1. The van der Waals surface area contributed by atoms with E-state index in [2.05, 4.69) is 31.3 Å². The largest absolute Gasteiger partial charge is 0.465 e. The average Bonchev–Trinajstić information content (AvgIpc) is 2.83. The van der Waals surface area contributed by atoms with Gasteiger partial charge in [0.25, 0.3) is 0 Å². The SMILES string of the molecule is COC(=O)c1ccccc1NC(=O)Nc1ccc(Br)o1. The van der Waals surface area contributed by atoms with Crippen molar-refractivity contribution in [3.8, 4) is 0 Å². The van der Waals surface area contributed by atoms with Crippen molar-refractivity contribution in [3.05, 3.63) is 46.6 Å². The zero-order valence-corrected chi connectivity index (χ0v) is 12.1. The van der Waals surface area contributed by atoms with Gasteiger partial charge < -0.3 is 14.5 Å². The maximum atomic E-state index is 11.8. The van der Waals surface area contributed by atoms with Gasteiger partial charge in [0.2, 0.25) is 5.88 Å². The molecule has 0 spiro atoms. The van der Waals surface area contributed by atoms with Crippen LogP contribution in [0.3, 0.4) is 0 Å². The maximum absolute atomic E-state index is 11.8. The Bertz CT molecular complexity index is 639. The molecular formula is C13H11BrN2O4. The lowest BCUT2D eigenvalue weighted by atomic mass is 10.2. The third-order valence-corrected chi connectivity index (χ3v) is 2.82. The molecule has 0 bridgehead atoms. The molecule has 0 saturated carbocycles. The molecule has 1 heterocycles. The molecule has 0 aliphatic rings. The maximum Gasteiger partial charge on any atom is 0.339 e. The van der Waals surface area contributed by atoms with Gasteiger partial charge in [-0.2, -0.15) is 0 Å². The number of benzene rings is 1. The minimum Gasteiger partial charge on any atom is -0.465 e. The summed E-state index contributed by atoms with van der Waals surface area (Å²) >= 11 is 3.13. The van der Waals surface area contributed by atoms with Crippen LogP contribution < -0.4 is 10.6 Å². The topological polar surface area (TPSA) is 80.6 Å². The standard InChI is InChI=1S/C13H11BrN2O4/c1-19-12(17)8-4-2-3-5-9(8)15-13(18)16-11-7-6-10(14)20-11/h2-7H,1H3,(H2,15,16,18). The summed E-state index contributed by atoms with van der Waals surface area (Å²) in [5, 5.41) is 5.05. The van der Waals surface area contributed by atoms with Gasteiger partial charge in [-0.3, -0.25) is 5.32 Å². The number of hydrogen-bond acceptors (Lipinski definition) is 4. The summed E-state index contributed by atoms with van der Waals surface area (Å²) in [4.78, 5) is 23.4. The number of urea groups is 1. The summed E-state index contributed by atoms with van der Waals surface area (Å²) < 4.78 is 10.3. The van der Waals surface area contributed by atoms with Crippen LogP contribution in [0.25, 0.3) is 0 Å². The van der Waals surface area contributed by atoms with Gasteiger partial charge in [0.15, 0.2) is 4.67 Å². The number of methoxy groups -OCH3 is 1. The monoisotopic (exact) mass is 338 g/mol. The van der Waals surface area contributed by atoms with Crippen LogP contribution in [0.1, 0.15) is 10.4 Å². The molecule has 2 N–H and O–H groups in total. The second-order valence-corrected chi connectivity index (χ2v) is 4.50. The van der Waals surface area contributed by atoms with Crippen LogP contribution in [-0.2, 0) is 4.74 Å². The molecule has 1 aromatic carbocycles. The quantitative estimate of drug-likeness (QED) is 0.839. The highest BCUT2D eigenvalue weighted by Crippen LogP contribution is 2.19. The Kier molecular flexibility index (Phi) is 4.41. The van der Waals surface area contributed by atoms with E-state index in [9.17, 15) is 9.59 Å². The number of amides is 2. The second-order valence-electron chi connectivity index (χ2n) is 3.72. The number of esters is 1. The number of ether oxygens (including phenoxy) is 1. The lowest BCUT2D eigenvalue weighted by Crippen LogP contribution is -2.20. The van der Waals surface area contributed by atoms with Gasteiger partial charge in [-0.25, -0.2) is 9.59 Å². The van der Waals surface area contributed by atoms with Crippen LogP contribution in [0.15, 0.2) is 45.5 Å². The van der Waals surface area contributed by atoms with E-state index in [1.807, 2.05) is 0 Å². The van der Waals surface area contributed by atoms with Crippen molar-refractivity contribution in [2.45, 2.75) is 0 Å². The summed E-state index contributed by atoms with van der Waals surface area (Å²) in [6.45, 7) is 0. The van der Waals surface area contributed by atoms with E-state index in [1.54, 1.807) is 36.4 Å². The molecular weight excluding hydrogens is 328 g/mol. The fraction of sp³-hybridized carbons (Fsp3) is 0.0769. The van der Waals surface area contributed by atoms with E-state index in [0.29, 0.717) is 10.4 Å². The van der Waals surface area contributed by atoms with Crippen molar-refractivity contribution >= 4 is 39.5 Å². The highest BCUT2D eigenvalue weighted by atomic mass is 79.9. The number of rotatable bonds is 3. The van der Waals surface area contributed by atoms with Crippen LogP contribution in [0, 0.1) is 0 Å². The van der Waals surface area contributed by atoms with Crippen LogP contribution in [-0.4, -0.2) is 19.1 Å². The van der Waals surface area contributed by atoms with Crippen molar-refractivity contribution in [2.24, 2.45) is 0 Å². The molecule has 1 aromatic heterocycles. The predicted octanol–water partition coefficient (Wildman–Crippen LogP) is 3.47.